The summed E-state index contributed by atoms with van der Waals surface area (Å²) >= 11 is 0. The van der Waals surface area contributed by atoms with Crippen molar-refractivity contribution in [1.29, 1.82) is 0 Å². The monoisotopic (exact) mass is 357 g/mol. The molecule has 0 bridgehead atoms. The number of benzene rings is 1. The van der Waals surface area contributed by atoms with Crippen molar-refractivity contribution in [3.8, 4) is 0 Å². The second-order valence-corrected chi connectivity index (χ2v) is 6.90. The topological polar surface area (TPSA) is 40.5 Å². The summed E-state index contributed by atoms with van der Waals surface area (Å²) in [4.78, 5) is 13.7. The molecular weight excluding hydrogens is 331 g/mol. The zero-order valence-corrected chi connectivity index (χ0v) is 14.6. The summed E-state index contributed by atoms with van der Waals surface area (Å²) in [5.74, 6) is -0.768. The number of aliphatic carboxylic acids is 1. The molecule has 25 heavy (non-hydrogen) atoms. The molecule has 1 unspecified atom stereocenters. The van der Waals surface area contributed by atoms with E-state index in [-0.39, 0.29) is 11.8 Å². The first-order valence-corrected chi connectivity index (χ1v) is 8.92. The Labute approximate surface area is 146 Å². The van der Waals surface area contributed by atoms with E-state index in [1.165, 1.54) is 12.1 Å². The zero-order chi connectivity index (χ0) is 18.4. The fraction of sp³-hybridized carbons (Fsp3) is 0.632. The summed E-state index contributed by atoms with van der Waals surface area (Å²) in [5, 5.41) is 9.44. The van der Waals surface area contributed by atoms with Crippen molar-refractivity contribution >= 4 is 5.97 Å². The van der Waals surface area contributed by atoms with Crippen LogP contribution in [-0.2, 0) is 17.5 Å². The lowest BCUT2D eigenvalue weighted by Gasteiger charge is -2.34. The lowest BCUT2D eigenvalue weighted by molar-refractivity contribution is -0.144. The van der Waals surface area contributed by atoms with Crippen molar-refractivity contribution in [2.75, 3.05) is 13.1 Å². The van der Waals surface area contributed by atoms with Crippen molar-refractivity contribution in [3.05, 3.63) is 35.4 Å². The standard InChI is InChI=1S/C19H26F3NO2/c1-2-3-4-17(18(24)25)15-9-11-23(12-10-15)13-14-5-7-16(8-6-14)19(20,21)22/h5-8,15,17H,2-4,9-13H2,1H3,(H,24,25). The third-order valence-electron chi connectivity index (χ3n) is 5.07. The molecule has 1 N–H and O–H groups in total. The number of rotatable bonds is 7. The molecule has 1 fully saturated rings. The van der Waals surface area contributed by atoms with Crippen molar-refractivity contribution < 1.29 is 23.1 Å². The number of nitrogens with zero attached hydrogens (tertiary/aromatic N) is 1. The summed E-state index contributed by atoms with van der Waals surface area (Å²) in [7, 11) is 0. The van der Waals surface area contributed by atoms with Crippen LogP contribution in [0.5, 0.6) is 0 Å². The Bertz CT molecular complexity index is 549. The molecule has 140 valence electrons. The molecule has 1 aliphatic rings. The number of carboxylic acids is 1. The molecule has 1 atom stereocenters. The van der Waals surface area contributed by atoms with E-state index in [9.17, 15) is 23.1 Å². The number of piperidine rings is 1. The van der Waals surface area contributed by atoms with Crippen LogP contribution in [0.25, 0.3) is 0 Å². The van der Waals surface area contributed by atoms with Crippen LogP contribution in [0.15, 0.2) is 24.3 Å². The van der Waals surface area contributed by atoms with E-state index >= 15 is 0 Å². The maximum Gasteiger partial charge on any atom is 0.416 e. The van der Waals surface area contributed by atoms with E-state index in [0.29, 0.717) is 6.54 Å². The van der Waals surface area contributed by atoms with Gasteiger partial charge in [0.15, 0.2) is 0 Å². The lowest BCUT2D eigenvalue weighted by Crippen LogP contribution is -2.37. The summed E-state index contributed by atoms with van der Waals surface area (Å²) in [6.45, 7) is 4.26. The maximum atomic E-state index is 12.6. The summed E-state index contributed by atoms with van der Waals surface area (Å²) in [6, 6.07) is 5.28. The summed E-state index contributed by atoms with van der Waals surface area (Å²) in [5.41, 5.74) is 0.224. The van der Waals surface area contributed by atoms with Gasteiger partial charge in [0, 0.05) is 6.54 Å². The molecule has 1 saturated heterocycles. The molecule has 2 rings (SSSR count). The van der Waals surface area contributed by atoms with Crippen molar-refractivity contribution in [3.63, 3.8) is 0 Å². The van der Waals surface area contributed by atoms with Gasteiger partial charge in [0.1, 0.15) is 0 Å². The number of halogens is 3. The highest BCUT2D eigenvalue weighted by Gasteiger charge is 2.31. The van der Waals surface area contributed by atoms with Crippen LogP contribution in [0.2, 0.25) is 0 Å². The second kappa shape index (κ2) is 8.70. The second-order valence-electron chi connectivity index (χ2n) is 6.90. The Hall–Kier alpha value is -1.56. The molecule has 0 saturated carbocycles. The van der Waals surface area contributed by atoms with E-state index in [1.807, 2.05) is 0 Å². The average molecular weight is 357 g/mol. The predicted octanol–water partition coefficient (Wildman–Crippen LogP) is 4.81. The van der Waals surface area contributed by atoms with Gasteiger partial charge in [-0.1, -0.05) is 31.9 Å². The molecule has 0 aliphatic carbocycles. The van der Waals surface area contributed by atoms with Crippen LogP contribution in [0.3, 0.4) is 0 Å². The number of carboxylic acid groups (broad SMARTS) is 1. The van der Waals surface area contributed by atoms with Gasteiger partial charge >= 0.3 is 12.1 Å². The zero-order valence-electron chi connectivity index (χ0n) is 14.6. The quantitative estimate of drug-likeness (QED) is 0.761. The van der Waals surface area contributed by atoms with Crippen LogP contribution in [0.1, 0.15) is 50.2 Å². The SMILES string of the molecule is CCCCC(C(=O)O)C1CCN(Cc2ccc(C(F)(F)F)cc2)CC1. The number of hydrogen-bond donors (Lipinski definition) is 1. The molecular formula is C19H26F3NO2. The molecule has 1 aromatic rings. The van der Waals surface area contributed by atoms with E-state index in [4.69, 9.17) is 0 Å². The highest BCUT2D eigenvalue weighted by molar-refractivity contribution is 5.70. The van der Waals surface area contributed by atoms with E-state index < -0.39 is 17.7 Å². The van der Waals surface area contributed by atoms with Gasteiger partial charge in [0.25, 0.3) is 0 Å². The lowest BCUT2D eigenvalue weighted by atomic mass is 9.81. The van der Waals surface area contributed by atoms with Crippen LogP contribution < -0.4 is 0 Å². The average Bonchev–Trinajstić information content (AvgIpc) is 2.56. The Morgan fingerprint density at radius 2 is 1.84 bits per heavy atom. The minimum atomic E-state index is -4.30. The smallest absolute Gasteiger partial charge is 0.416 e. The van der Waals surface area contributed by atoms with Crippen molar-refractivity contribution in [2.45, 2.75) is 51.7 Å². The highest BCUT2D eigenvalue weighted by atomic mass is 19.4. The van der Waals surface area contributed by atoms with Crippen molar-refractivity contribution in [1.82, 2.24) is 4.90 Å². The minimum Gasteiger partial charge on any atom is -0.481 e. The van der Waals surface area contributed by atoms with E-state index in [0.717, 1.165) is 62.9 Å². The van der Waals surface area contributed by atoms with Gasteiger partial charge in [0.05, 0.1) is 11.5 Å². The summed E-state index contributed by atoms with van der Waals surface area (Å²) < 4.78 is 37.8. The number of unbranched alkanes of at least 4 members (excludes halogenated alkanes) is 1. The van der Waals surface area contributed by atoms with E-state index in [2.05, 4.69) is 11.8 Å². The summed E-state index contributed by atoms with van der Waals surface area (Å²) in [6.07, 6.45) is 0.0263. The maximum absolute atomic E-state index is 12.6. The molecule has 3 nitrogen and oxygen atoms in total. The molecule has 1 heterocycles. The minimum absolute atomic E-state index is 0.202. The first-order valence-electron chi connectivity index (χ1n) is 8.92. The Morgan fingerprint density at radius 3 is 2.32 bits per heavy atom. The highest BCUT2D eigenvalue weighted by Crippen LogP contribution is 2.31. The molecule has 0 amide bonds. The Morgan fingerprint density at radius 1 is 1.24 bits per heavy atom. The van der Waals surface area contributed by atoms with Gasteiger partial charge in [-0.25, -0.2) is 0 Å². The van der Waals surface area contributed by atoms with Crippen LogP contribution in [0.4, 0.5) is 13.2 Å². The van der Waals surface area contributed by atoms with Crippen LogP contribution >= 0.6 is 0 Å². The molecule has 1 aromatic carbocycles. The number of alkyl halides is 3. The third kappa shape index (κ3) is 5.73. The fourth-order valence-electron chi connectivity index (χ4n) is 3.56. The largest absolute Gasteiger partial charge is 0.481 e. The molecule has 0 spiro atoms. The fourth-order valence-corrected chi connectivity index (χ4v) is 3.56. The number of likely N-dealkylation sites (tertiary alicyclic amines) is 1. The van der Waals surface area contributed by atoms with Gasteiger partial charge in [-0.3, -0.25) is 9.69 Å². The molecule has 6 heteroatoms. The van der Waals surface area contributed by atoms with Gasteiger partial charge in [0.2, 0.25) is 0 Å². The van der Waals surface area contributed by atoms with E-state index in [1.54, 1.807) is 0 Å². The molecule has 1 aliphatic heterocycles. The number of carbonyl (C=O) groups is 1. The molecule has 0 aromatic heterocycles. The van der Waals surface area contributed by atoms with Gasteiger partial charge in [-0.05, 0) is 56.0 Å². The first kappa shape index (κ1) is 19.8. The van der Waals surface area contributed by atoms with Gasteiger partial charge < -0.3 is 5.11 Å². The Balaban J connectivity index is 1.86. The normalized spacial score (nSPS) is 18.2. The van der Waals surface area contributed by atoms with Crippen LogP contribution in [0, 0.1) is 11.8 Å². The number of hydrogen-bond acceptors (Lipinski definition) is 2. The predicted molar refractivity (Wildman–Crippen MR) is 90.1 cm³/mol. The van der Waals surface area contributed by atoms with Crippen molar-refractivity contribution in [2.24, 2.45) is 11.8 Å². The third-order valence-corrected chi connectivity index (χ3v) is 5.07. The van der Waals surface area contributed by atoms with Crippen LogP contribution in [-0.4, -0.2) is 29.1 Å². The Kier molecular flexibility index (Phi) is 6.87. The van der Waals surface area contributed by atoms with Gasteiger partial charge in [-0.15, -0.1) is 0 Å². The first-order chi connectivity index (χ1) is 11.8. The van der Waals surface area contributed by atoms with Gasteiger partial charge in [-0.2, -0.15) is 13.2 Å². The molecule has 0 radical (unpaired) electrons.